The molecule has 3 rings (SSSR count). The summed E-state index contributed by atoms with van der Waals surface area (Å²) in [7, 11) is 0. The van der Waals surface area contributed by atoms with E-state index < -0.39 is 0 Å². The Morgan fingerprint density at radius 3 is 2.38 bits per heavy atom. The van der Waals surface area contributed by atoms with Crippen LogP contribution in [-0.2, 0) is 0 Å². The third kappa shape index (κ3) is 3.34. The van der Waals surface area contributed by atoms with Crippen molar-refractivity contribution in [3.05, 3.63) is 48.5 Å². The predicted molar refractivity (Wildman–Crippen MR) is 86.2 cm³/mol. The number of nitrogens with one attached hydrogen (secondary N) is 2. The van der Waals surface area contributed by atoms with E-state index in [9.17, 15) is 0 Å². The maximum atomic E-state index is 5.80. The predicted octanol–water partition coefficient (Wildman–Crippen LogP) is 4.48. The SMILES string of the molecule is CC(C)(C)Oc1ccc(Nc2nc3ccccc3[nH]2)cc1. The Morgan fingerprint density at radius 1 is 1.00 bits per heavy atom. The van der Waals surface area contributed by atoms with E-state index in [1.54, 1.807) is 0 Å². The molecule has 108 valence electrons. The zero-order valence-electron chi connectivity index (χ0n) is 12.5. The molecule has 0 bridgehead atoms. The van der Waals surface area contributed by atoms with Crippen molar-refractivity contribution in [3.8, 4) is 5.75 Å². The van der Waals surface area contributed by atoms with Gasteiger partial charge in [0.1, 0.15) is 11.4 Å². The van der Waals surface area contributed by atoms with Crippen LogP contribution in [0, 0.1) is 0 Å². The number of aromatic nitrogens is 2. The summed E-state index contributed by atoms with van der Waals surface area (Å²) in [6.07, 6.45) is 0. The molecule has 0 amide bonds. The van der Waals surface area contributed by atoms with Crippen LogP contribution in [0.3, 0.4) is 0 Å². The molecule has 0 saturated heterocycles. The van der Waals surface area contributed by atoms with Crippen molar-refractivity contribution < 1.29 is 4.74 Å². The first-order valence-corrected chi connectivity index (χ1v) is 7.00. The van der Waals surface area contributed by atoms with Gasteiger partial charge < -0.3 is 15.0 Å². The Labute approximate surface area is 124 Å². The van der Waals surface area contributed by atoms with Crippen molar-refractivity contribution in [2.24, 2.45) is 0 Å². The highest BCUT2D eigenvalue weighted by Crippen LogP contribution is 2.23. The topological polar surface area (TPSA) is 49.9 Å². The lowest BCUT2D eigenvalue weighted by Gasteiger charge is -2.21. The van der Waals surface area contributed by atoms with Gasteiger partial charge in [-0.3, -0.25) is 0 Å². The number of imidazole rings is 1. The van der Waals surface area contributed by atoms with Crippen molar-refractivity contribution in [3.63, 3.8) is 0 Å². The molecule has 0 saturated carbocycles. The van der Waals surface area contributed by atoms with Crippen LogP contribution >= 0.6 is 0 Å². The molecule has 4 heteroatoms. The molecule has 0 unspecified atom stereocenters. The number of rotatable bonds is 3. The molecular formula is C17H19N3O. The molecule has 0 radical (unpaired) electrons. The van der Waals surface area contributed by atoms with E-state index in [4.69, 9.17) is 4.74 Å². The summed E-state index contributed by atoms with van der Waals surface area (Å²) in [5, 5.41) is 3.26. The number of hydrogen-bond donors (Lipinski definition) is 2. The quantitative estimate of drug-likeness (QED) is 0.744. The average molecular weight is 281 g/mol. The van der Waals surface area contributed by atoms with Crippen molar-refractivity contribution >= 4 is 22.7 Å². The second-order valence-corrected chi connectivity index (χ2v) is 5.97. The van der Waals surface area contributed by atoms with Crippen LogP contribution in [0.5, 0.6) is 5.75 Å². The summed E-state index contributed by atoms with van der Waals surface area (Å²) < 4.78 is 5.80. The summed E-state index contributed by atoms with van der Waals surface area (Å²) in [5.74, 6) is 1.60. The first-order valence-electron chi connectivity index (χ1n) is 7.00. The summed E-state index contributed by atoms with van der Waals surface area (Å²) in [6.45, 7) is 6.11. The lowest BCUT2D eigenvalue weighted by atomic mass is 10.2. The molecule has 2 aromatic carbocycles. The van der Waals surface area contributed by atoms with E-state index in [-0.39, 0.29) is 5.60 Å². The van der Waals surface area contributed by atoms with Crippen LogP contribution in [0.2, 0.25) is 0 Å². The Kier molecular flexibility index (Phi) is 3.29. The molecule has 0 aliphatic rings. The molecule has 0 aliphatic carbocycles. The molecule has 1 aromatic heterocycles. The molecular weight excluding hydrogens is 262 g/mol. The number of fused-ring (bicyclic) bond motifs is 1. The smallest absolute Gasteiger partial charge is 0.205 e. The number of para-hydroxylation sites is 2. The fraction of sp³-hybridized carbons (Fsp3) is 0.235. The highest BCUT2D eigenvalue weighted by molar-refractivity contribution is 5.78. The van der Waals surface area contributed by atoms with Gasteiger partial charge in [0.2, 0.25) is 5.95 Å². The van der Waals surface area contributed by atoms with Gasteiger partial charge in [-0.2, -0.15) is 0 Å². The van der Waals surface area contributed by atoms with E-state index in [1.807, 2.05) is 69.3 Å². The van der Waals surface area contributed by atoms with Gasteiger partial charge in [0.15, 0.2) is 0 Å². The van der Waals surface area contributed by atoms with Gasteiger partial charge in [-0.05, 0) is 57.2 Å². The van der Waals surface area contributed by atoms with Crippen LogP contribution < -0.4 is 10.1 Å². The van der Waals surface area contributed by atoms with E-state index in [1.165, 1.54) is 0 Å². The molecule has 3 aromatic rings. The molecule has 2 N–H and O–H groups in total. The van der Waals surface area contributed by atoms with Gasteiger partial charge in [0.05, 0.1) is 11.0 Å². The second-order valence-electron chi connectivity index (χ2n) is 5.97. The number of H-pyrrole nitrogens is 1. The van der Waals surface area contributed by atoms with E-state index in [0.717, 1.165) is 28.4 Å². The summed E-state index contributed by atoms with van der Waals surface area (Å²) in [4.78, 5) is 7.74. The van der Waals surface area contributed by atoms with Crippen molar-refractivity contribution in [2.75, 3.05) is 5.32 Å². The summed E-state index contributed by atoms with van der Waals surface area (Å²) >= 11 is 0. The zero-order valence-corrected chi connectivity index (χ0v) is 12.5. The number of benzene rings is 2. The van der Waals surface area contributed by atoms with Gasteiger partial charge in [-0.25, -0.2) is 4.98 Å². The standard InChI is InChI=1S/C17H19N3O/c1-17(2,3)21-13-10-8-12(9-11-13)18-16-19-14-6-4-5-7-15(14)20-16/h4-11H,1-3H3,(H2,18,19,20). The highest BCUT2D eigenvalue weighted by Gasteiger charge is 2.11. The van der Waals surface area contributed by atoms with Gasteiger partial charge >= 0.3 is 0 Å². The molecule has 0 spiro atoms. The van der Waals surface area contributed by atoms with Crippen molar-refractivity contribution in [2.45, 2.75) is 26.4 Å². The van der Waals surface area contributed by atoms with Gasteiger partial charge in [0, 0.05) is 5.69 Å². The lowest BCUT2D eigenvalue weighted by molar-refractivity contribution is 0.131. The zero-order chi connectivity index (χ0) is 14.9. The minimum absolute atomic E-state index is 0.187. The molecule has 21 heavy (non-hydrogen) atoms. The fourth-order valence-electron chi connectivity index (χ4n) is 2.11. The van der Waals surface area contributed by atoms with E-state index >= 15 is 0 Å². The Bertz CT molecular complexity index is 706. The molecule has 4 nitrogen and oxygen atoms in total. The van der Waals surface area contributed by atoms with Crippen LogP contribution in [-0.4, -0.2) is 15.6 Å². The summed E-state index contributed by atoms with van der Waals surface area (Å²) in [6, 6.07) is 15.8. The van der Waals surface area contributed by atoms with Crippen LogP contribution in [0.25, 0.3) is 11.0 Å². The third-order valence-corrected chi connectivity index (χ3v) is 2.93. The molecule has 0 fully saturated rings. The van der Waals surface area contributed by atoms with Gasteiger partial charge in [0.25, 0.3) is 0 Å². The Balaban J connectivity index is 1.75. The number of nitrogens with zero attached hydrogens (tertiary/aromatic N) is 1. The number of hydrogen-bond acceptors (Lipinski definition) is 3. The Morgan fingerprint density at radius 2 is 1.71 bits per heavy atom. The van der Waals surface area contributed by atoms with Crippen LogP contribution in [0.15, 0.2) is 48.5 Å². The third-order valence-electron chi connectivity index (χ3n) is 2.93. The first-order chi connectivity index (χ1) is 9.99. The maximum Gasteiger partial charge on any atom is 0.205 e. The van der Waals surface area contributed by atoms with Crippen molar-refractivity contribution in [1.82, 2.24) is 9.97 Å². The maximum absolute atomic E-state index is 5.80. The molecule has 1 heterocycles. The monoisotopic (exact) mass is 281 g/mol. The van der Waals surface area contributed by atoms with Gasteiger partial charge in [-0.15, -0.1) is 0 Å². The minimum atomic E-state index is -0.187. The number of anilines is 2. The summed E-state index contributed by atoms with van der Waals surface area (Å²) in [5.41, 5.74) is 2.75. The average Bonchev–Trinajstić information content (AvgIpc) is 2.81. The number of aromatic amines is 1. The van der Waals surface area contributed by atoms with Crippen molar-refractivity contribution in [1.29, 1.82) is 0 Å². The minimum Gasteiger partial charge on any atom is -0.488 e. The number of ether oxygens (including phenoxy) is 1. The van der Waals surface area contributed by atoms with Crippen LogP contribution in [0.4, 0.5) is 11.6 Å². The normalized spacial score (nSPS) is 11.6. The van der Waals surface area contributed by atoms with E-state index in [2.05, 4.69) is 15.3 Å². The highest BCUT2D eigenvalue weighted by atomic mass is 16.5. The second kappa shape index (κ2) is 5.13. The first kappa shape index (κ1) is 13.5. The lowest BCUT2D eigenvalue weighted by Crippen LogP contribution is -2.22. The molecule has 0 atom stereocenters. The van der Waals surface area contributed by atoms with E-state index in [0.29, 0.717) is 0 Å². The molecule has 0 aliphatic heterocycles. The largest absolute Gasteiger partial charge is 0.488 e. The van der Waals surface area contributed by atoms with Gasteiger partial charge in [-0.1, -0.05) is 12.1 Å². The van der Waals surface area contributed by atoms with Crippen LogP contribution in [0.1, 0.15) is 20.8 Å². The Hall–Kier alpha value is -2.49. The fourth-order valence-corrected chi connectivity index (χ4v) is 2.11.